The summed E-state index contributed by atoms with van der Waals surface area (Å²) < 4.78 is 29.1. The summed E-state index contributed by atoms with van der Waals surface area (Å²) in [6, 6.07) is 9.61. The van der Waals surface area contributed by atoms with Gasteiger partial charge in [0.2, 0.25) is 11.6 Å². The number of benzene rings is 1. The van der Waals surface area contributed by atoms with Crippen molar-refractivity contribution in [3.63, 3.8) is 0 Å². The molecule has 2 aliphatic rings. The first-order valence-electron chi connectivity index (χ1n) is 8.49. The van der Waals surface area contributed by atoms with Crippen LogP contribution in [0.2, 0.25) is 0 Å². The van der Waals surface area contributed by atoms with E-state index < -0.39 is 41.4 Å². The highest BCUT2D eigenvalue weighted by atomic mass is 32.2. The zero-order chi connectivity index (χ0) is 18.9. The molecule has 2 fully saturated rings. The minimum atomic E-state index is -1.23. The predicted octanol–water partition coefficient (Wildman–Crippen LogP) is 1.37. The molecule has 0 aromatic heterocycles. The molecule has 7 atom stereocenters. The van der Waals surface area contributed by atoms with Gasteiger partial charge in [-0.15, -0.1) is 0 Å². The molecule has 0 unspecified atom stereocenters. The third kappa shape index (κ3) is 3.41. The van der Waals surface area contributed by atoms with E-state index in [2.05, 4.69) is 0 Å². The number of thioether (sulfide) groups is 1. The standard InChI is InChI=1S/C18H26O7S/c1-17(21-3)18(2,22-4)25-15-13(20)16(23-12(10-19)14(15)24-17)26-11-8-6-5-7-9-11/h5-9,12-16,19-20H,10H2,1-4H3/t12-,13+,14-,15-,16-,17+,18+/m1/s1. The molecular weight excluding hydrogens is 360 g/mol. The van der Waals surface area contributed by atoms with Crippen molar-refractivity contribution in [1.29, 1.82) is 0 Å². The van der Waals surface area contributed by atoms with Gasteiger partial charge in [-0.25, -0.2) is 0 Å². The van der Waals surface area contributed by atoms with E-state index >= 15 is 0 Å². The second kappa shape index (κ2) is 7.73. The number of hydrogen-bond donors (Lipinski definition) is 2. The minimum Gasteiger partial charge on any atom is -0.394 e. The highest BCUT2D eigenvalue weighted by Gasteiger charge is 2.62. The van der Waals surface area contributed by atoms with Crippen LogP contribution in [0.25, 0.3) is 0 Å². The van der Waals surface area contributed by atoms with Gasteiger partial charge in [0.1, 0.15) is 29.9 Å². The van der Waals surface area contributed by atoms with Crippen LogP contribution in [0.3, 0.4) is 0 Å². The second-order valence-corrected chi connectivity index (χ2v) is 7.78. The Morgan fingerprint density at radius 2 is 1.62 bits per heavy atom. The van der Waals surface area contributed by atoms with E-state index in [1.807, 2.05) is 30.3 Å². The molecular formula is C18H26O7S. The molecule has 2 aliphatic heterocycles. The molecule has 0 saturated carbocycles. The SMILES string of the molecule is CO[C@@]1(C)O[C@@H]2[C@H](O)[C@@H](Sc3ccccc3)O[C@H](CO)[C@H]2O[C@]1(C)OC. The maximum absolute atomic E-state index is 10.9. The number of methoxy groups -OCH3 is 2. The van der Waals surface area contributed by atoms with Crippen LogP contribution >= 0.6 is 11.8 Å². The summed E-state index contributed by atoms with van der Waals surface area (Å²) in [6.07, 6.45) is -3.09. The highest BCUT2D eigenvalue weighted by molar-refractivity contribution is 7.99. The Kier molecular flexibility index (Phi) is 5.96. The Labute approximate surface area is 157 Å². The Morgan fingerprint density at radius 1 is 1.04 bits per heavy atom. The van der Waals surface area contributed by atoms with Crippen LogP contribution in [-0.4, -0.2) is 72.5 Å². The van der Waals surface area contributed by atoms with Crippen molar-refractivity contribution in [3.05, 3.63) is 30.3 Å². The number of hydrogen-bond acceptors (Lipinski definition) is 8. The average molecular weight is 386 g/mol. The maximum atomic E-state index is 10.9. The monoisotopic (exact) mass is 386 g/mol. The topological polar surface area (TPSA) is 86.6 Å². The lowest BCUT2D eigenvalue weighted by atomic mass is 9.95. The summed E-state index contributed by atoms with van der Waals surface area (Å²) in [5.41, 5.74) is -0.618. The molecule has 1 aromatic carbocycles. The van der Waals surface area contributed by atoms with Crippen molar-refractivity contribution in [3.8, 4) is 0 Å². The largest absolute Gasteiger partial charge is 0.394 e. The molecule has 26 heavy (non-hydrogen) atoms. The summed E-state index contributed by atoms with van der Waals surface area (Å²) in [7, 11) is 2.98. The van der Waals surface area contributed by atoms with Crippen molar-refractivity contribution in [2.45, 2.75) is 60.2 Å². The fourth-order valence-electron chi connectivity index (χ4n) is 3.25. The Hall–Kier alpha value is -0.710. The zero-order valence-electron chi connectivity index (χ0n) is 15.3. The first-order valence-corrected chi connectivity index (χ1v) is 9.37. The molecule has 0 amide bonds. The van der Waals surface area contributed by atoms with Crippen LogP contribution in [0.1, 0.15) is 13.8 Å². The van der Waals surface area contributed by atoms with Crippen LogP contribution in [0.4, 0.5) is 0 Å². The smallest absolute Gasteiger partial charge is 0.220 e. The Balaban J connectivity index is 1.86. The first-order chi connectivity index (χ1) is 12.4. The number of fused-ring (bicyclic) bond motifs is 1. The summed E-state index contributed by atoms with van der Waals surface area (Å²) in [5, 5.41) is 20.7. The Morgan fingerprint density at radius 3 is 2.15 bits per heavy atom. The summed E-state index contributed by atoms with van der Waals surface area (Å²) in [6.45, 7) is 3.12. The van der Waals surface area contributed by atoms with E-state index in [0.29, 0.717) is 0 Å². The van der Waals surface area contributed by atoms with Crippen molar-refractivity contribution < 1.29 is 33.9 Å². The van der Waals surface area contributed by atoms with Gasteiger partial charge in [0.15, 0.2) is 0 Å². The molecule has 146 valence electrons. The third-order valence-corrected chi connectivity index (χ3v) is 6.28. The Bertz CT molecular complexity index is 602. The molecule has 2 heterocycles. The van der Waals surface area contributed by atoms with E-state index in [1.54, 1.807) is 13.8 Å². The van der Waals surface area contributed by atoms with Crippen LogP contribution in [0, 0.1) is 0 Å². The summed E-state index contributed by atoms with van der Waals surface area (Å²) in [5.74, 6) is -2.46. The van der Waals surface area contributed by atoms with Crippen molar-refractivity contribution in [1.82, 2.24) is 0 Å². The van der Waals surface area contributed by atoms with Gasteiger partial charge < -0.3 is 33.9 Å². The lowest BCUT2D eigenvalue weighted by Crippen LogP contribution is -2.72. The lowest BCUT2D eigenvalue weighted by Gasteiger charge is -2.56. The van der Waals surface area contributed by atoms with Crippen molar-refractivity contribution in [2.24, 2.45) is 0 Å². The molecule has 2 N–H and O–H groups in total. The van der Waals surface area contributed by atoms with Gasteiger partial charge in [0.25, 0.3) is 0 Å². The quantitative estimate of drug-likeness (QED) is 0.785. The lowest BCUT2D eigenvalue weighted by molar-refractivity contribution is -0.470. The number of aliphatic hydroxyl groups excluding tert-OH is 2. The van der Waals surface area contributed by atoms with E-state index in [9.17, 15) is 10.2 Å². The third-order valence-electron chi connectivity index (χ3n) is 5.12. The van der Waals surface area contributed by atoms with Crippen molar-refractivity contribution >= 4 is 11.8 Å². The number of aliphatic hydroxyl groups is 2. The highest BCUT2D eigenvalue weighted by Crippen LogP contribution is 2.45. The molecule has 0 aliphatic carbocycles. The fraction of sp³-hybridized carbons (Fsp3) is 0.667. The van der Waals surface area contributed by atoms with Crippen molar-refractivity contribution in [2.75, 3.05) is 20.8 Å². The molecule has 8 heteroatoms. The van der Waals surface area contributed by atoms with E-state index in [4.69, 9.17) is 23.7 Å². The molecule has 3 rings (SSSR count). The fourth-order valence-corrected chi connectivity index (χ4v) is 4.32. The maximum Gasteiger partial charge on any atom is 0.220 e. The van der Waals surface area contributed by atoms with Gasteiger partial charge in [-0.2, -0.15) is 0 Å². The summed E-state index contributed by atoms with van der Waals surface area (Å²) >= 11 is 1.37. The average Bonchev–Trinajstić information content (AvgIpc) is 2.66. The van der Waals surface area contributed by atoms with Gasteiger partial charge in [0, 0.05) is 19.1 Å². The van der Waals surface area contributed by atoms with Gasteiger partial charge >= 0.3 is 0 Å². The van der Waals surface area contributed by atoms with Crippen LogP contribution in [0.15, 0.2) is 35.2 Å². The van der Waals surface area contributed by atoms with Crippen LogP contribution < -0.4 is 0 Å². The van der Waals surface area contributed by atoms with E-state index in [0.717, 1.165) is 4.90 Å². The zero-order valence-corrected chi connectivity index (χ0v) is 16.1. The van der Waals surface area contributed by atoms with Crippen LogP contribution in [-0.2, 0) is 23.7 Å². The number of ether oxygens (including phenoxy) is 5. The van der Waals surface area contributed by atoms with Crippen LogP contribution in [0.5, 0.6) is 0 Å². The summed E-state index contributed by atoms with van der Waals surface area (Å²) in [4.78, 5) is 0.944. The van der Waals surface area contributed by atoms with Gasteiger partial charge in [0.05, 0.1) is 6.61 Å². The second-order valence-electron chi connectivity index (χ2n) is 6.61. The molecule has 0 spiro atoms. The molecule has 0 radical (unpaired) electrons. The van der Waals surface area contributed by atoms with E-state index in [-0.39, 0.29) is 6.61 Å². The van der Waals surface area contributed by atoms with Gasteiger partial charge in [-0.05, 0) is 26.0 Å². The predicted molar refractivity (Wildman–Crippen MR) is 94.6 cm³/mol. The normalized spacial score (nSPS) is 43.1. The van der Waals surface area contributed by atoms with Gasteiger partial charge in [-0.1, -0.05) is 30.0 Å². The van der Waals surface area contributed by atoms with E-state index in [1.165, 1.54) is 26.0 Å². The minimum absolute atomic E-state index is 0.271. The first kappa shape index (κ1) is 20.0. The molecule has 1 aromatic rings. The van der Waals surface area contributed by atoms with Gasteiger partial charge in [-0.3, -0.25) is 0 Å². The molecule has 0 bridgehead atoms. The molecule has 7 nitrogen and oxygen atoms in total. The molecule has 2 saturated heterocycles. The number of rotatable bonds is 5.